The Balaban J connectivity index is 2.22. The molecular formula is C19H27NO3. The number of carbonyl (C=O) groups is 2. The maximum Gasteiger partial charge on any atom is 0.328 e. The molecule has 1 aromatic rings. The zero-order valence-electron chi connectivity index (χ0n) is 13.9. The fraction of sp³-hybridized carbons (Fsp3) is 0.474. The molecule has 0 saturated carbocycles. The number of rotatable bonds is 11. The number of anilines is 1. The molecule has 0 saturated heterocycles. The van der Waals surface area contributed by atoms with Gasteiger partial charge in [-0.2, -0.15) is 0 Å². The van der Waals surface area contributed by atoms with Crippen LogP contribution in [-0.4, -0.2) is 17.0 Å². The second-order valence-corrected chi connectivity index (χ2v) is 5.71. The summed E-state index contributed by atoms with van der Waals surface area (Å²) in [6.07, 6.45) is 11.5. The van der Waals surface area contributed by atoms with Crippen molar-refractivity contribution in [2.75, 3.05) is 5.32 Å². The molecule has 2 N–H and O–H groups in total. The number of carbonyl (C=O) groups excluding carboxylic acids is 1. The molecule has 1 amide bonds. The first-order valence-corrected chi connectivity index (χ1v) is 8.42. The van der Waals surface area contributed by atoms with Gasteiger partial charge in [-0.3, -0.25) is 4.79 Å². The highest BCUT2D eigenvalue weighted by molar-refractivity contribution is 5.91. The summed E-state index contributed by atoms with van der Waals surface area (Å²) < 4.78 is 0. The van der Waals surface area contributed by atoms with Crippen LogP contribution in [0, 0.1) is 0 Å². The van der Waals surface area contributed by atoms with E-state index in [1.54, 1.807) is 24.3 Å². The van der Waals surface area contributed by atoms with E-state index in [0.717, 1.165) is 30.2 Å². The van der Waals surface area contributed by atoms with Crippen molar-refractivity contribution in [3.05, 3.63) is 35.9 Å². The van der Waals surface area contributed by atoms with E-state index < -0.39 is 5.97 Å². The zero-order chi connectivity index (χ0) is 16.9. The highest BCUT2D eigenvalue weighted by Gasteiger charge is 2.02. The molecule has 0 aliphatic rings. The summed E-state index contributed by atoms with van der Waals surface area (Å²) in [6, 6.07) is 7.12. The molecule has 126 valence electrons. The molecule has 0 atom stereocenters. The van der Waals surface area contributed by atoms with Gasteiger partial charge in [0.25, 0.3) is 0 Å². The molecule has 0 unspecified atom stereocenters. The maximum atomic E-state index is 11.8. The summed E-state index contributed by atoms with van der Waals surface area (Å²) in [5.74, 6) is -0.940. The number of aliphatic carboxylic acids is 1. The van der Waals surface area contributed by atoms with Gasteiger partial charge in [0.1, 0.15) is 0 Å². The molecule has 1 rings (SSSR count). The Morgan fingerprint density at radius 3 is 2.22 bits per heavy atom. The zero-order valence-corrected chi connectivity index (χ0v) is 13.9. The molecule has 0 bridgehead atoms. The van der Waals surface area contributed by atoms with Crippen LogP contribution in [0.25, 0.3) is 6.08 Å². The Morgan fingerprint density at radius 1 is 1.00 bits per heavy atom. The first-order valence-electron chi connectivity index (χ1n) is 8.42. The van der Waals surface area contributed by atoms with Crippen molar-refractivity contribution in [3.63, 3.8) is 0 Å². The van der Waals surface area contributed by atoms with E-state index in [-0.39, 0.29) is 5.91 Å². The van der Waals surface area contributed by atoms with E-state index >= 15 is 0 Å². The van der Waals surface area contributed by atoms with E-state index in [0.29, 0.717) is 6.42 Å². The second-order valence-electron chi connectivity index (χ2n) is 5.71. The number of hydrogen-bond donors (Lipinski definition) is 2. The third-order valence-corrected chi connectivity index (χ3v) is 3.62. The Bertz CT molecular complexity index is 506. The molecule has 0 fully saturated rings. The van der Waals surface area contributed by atoms with Crippen LogP contribution < -0.4 is 5.32 Å². The molecule has 1 aromatic carbocycles. The Morgan fingerprint density at radius 2 is 1.61 bits per heavy atom. The van der Waals surface area contributed by atoms with Gasteiger partial charge in [-0.25, -0.2) is 4.79 Å². The van der Waals surface area contributed by atoms with Gasteiger partial charge < -0.3 is 10.4 Å². The van der Waals surface area contributed by atoms with E-state index in [9.17, 15) is 9.59 Å². The average Bonchev–Trinajstić information content (AvgIpc) is 2.53. The highest BCUT2D eigenvalue weighted by Crippen LogP contribution is 2.13. The number of benzene rings is 1. The normalized spacial score (nSPS) is 10.8. The lowest BCUT2D eigenvalue weighted by atomic mass is 10.1. The molecule has 0 aromatic heterocycles. The molecule has 4 heteroatoms. The van der Waals surface area contributed by atoms with Crippen LogP contribution in [0.15, 0.2) is 30.3 Å². The van der Waals surface area contributed by atoms with Crippen molar-refractivity contribution in [1.82, 2.24) is 0 Å². The minimum atomic E-state index is -0.975. The Hall–Kier alpha value is -2.10. The third kappa shape index (κ3) is 9.51. The van der Waals surface area contributed by atoms with Crippen LogP contribution in [0.2, 0.25) is 0 Å². The van der Waals surface area contributed by atoms with Crippen molar-refractivity contribution in [1.29, 1.82) is 0 Å². The van der Waals surface area contributed by atoms with Crippen molar-refractivity contribution < 1.29 is 14.7 Å². The number of carboxylic acids is 1. The van der Waals surface area contributed by atoms with Crippen LogP contribution >= 0.6 is 0 Å². The lowest BCUT2D eigenvalue weighted by Crippen LogP contribution is -2.10. The minimum absolute atomic E-state index is 0.0346. The SMILES string of the molecule is CCCCCCCCCC(=O)Nc1ccc(C=CC(=O)O)cc1. The molecular weight excluding hydrogens is 290 g/mol. The second kappa shape index (κ2) is 11.5. The number of carboxylic acid groups (broad SMARTS) is 1. The van der Waals surface area contributed by atoms with Crippen LogP contribution in [0.4, 0.5) is 5.69 Å². The summed E-state index contributed by atoms with van der Waals surface area (Å²) in [4.78, 5) is 22.3. The number of hydrogen-bond acceptors (Lipinski definition) is 2. The third-order valence-electron chi connectivity index (χ3n) is 3.62. The molecule has 4 nitrogen and oxygen atoms in total. The predicted molar refractivity (Wildman–Crippen MR) is 94.4 cm³/mol. The number of unbranched alkanes of at least 4 members (excludes halogenated alkanes) is 6. The summed E-state index contributed by atoms with van der Waals surface area (Å²) in [6.45, 7) is 2.21. The standard InChI is InChI=1S/C19H27NO3/c1-2-3-4-5-6-7-8-9-18(21)20-17-13-10-16(11-14-17)12-15-19(22)23/h10-15H,2-9H2,1H3,(H,20,21)(H,22,23). The molecule has 23 heavy (non-hydrogen) atoms. The van der Waals surface area contributed by atoms with Crippen molar-refractivity contribution in [2.24, 2.45) is 0 Å². The van der Waals surface area contributed by atoms with Gasteiger partial charge in [0, 0.05) is 18.2 Å². The molecule has 0 spiro atoms. The Kier molecular flexibility index (Phi) is 9.45. The average molecular weight is 317 g/mol. The quantitative estimate of drug-likeness (QED) is 0.452. The largest absolute Gasteiger partial charge is 0.478 e. The lowest BCUT2D eigenvalue weighted by Gasteiger charge is -2.06. The van der Waals surface area contributed by atoms with Gasteiger partial charge in [-0.15, -0.1) is 0 Å². The van der Waals surface area contributed by atoms with Gasteiger partial charge in [0.2, 0.25) is 5.91 Å². The van der Waals surface area contributed by atoms with E-state index in [1.807, 2.05) is 0 Å². The topological polar surface area (TPSA) is 66.4 Å². The van der Waals surface area contributed by atoms with Crippen LogP contribution in [0.5, 0.6) is 0 Å². The first kappa shape index (κ1) is 18.9. The minimum Gasteiger partial charge on any atom is -0.478 e. The van der Waals surface area contributed by atoms with E-state index in [4.69, 9.17) is 5.11 Å². The summed E-state index contributed by atoms with van der Waals surface area (Å²) in [5, 5.41) is 11.4. The van der Waals surface area contributed by atoms with Gasteiger partial charge >= 0.3 is 5.97 Å². The molecule has 0 heterocycles. The summed E-state index contributed by atoms with van der Waals surface area (Å²) in [7, 11) is 0. The fourth-order valence-electron chi connectivity index (χ4n) is 2.31. The highest BCUT2D eigenvalue weighted by atomic mass is 16.4. The Labute approximate surface area is 138 Å². The monoisotopic (exact) mass is 317 g/mol. The maximum absolute atomic E-state index is 11.8. The fourth-order valence-corrected chi connectivity index (χ4v) is 2.31. The smallest absolute Gasteiger partial charge is 0.328 e. The molecule has 0 aliphatic carbocycles. The van der Waals surface area contributed by atoms with Crippen LogP contribution in [0.1, 0.15) is 63.9 Å². The van der Waals surface area contributed by atoms with Crippen molar-refractivity contribution in [2.45, 2.75) is 58.3 Å². The summed E-state index contributed by atoms with van der Waals surface area (Å²) in [5.41, 5.74) is 1.53. The van der Waals surface area contributed by atoms with Crippen LogP contribution in [0.3, 0.4) is 0 Å². The predicted octanol–water partition coefficient (Wildman–Crippen LogP) is 4.86. The van der Waals surface area contributed by atoms with E-state index in [1.165, 1.54) is 38.2 Å². The van der Waals surface area contributed by atoms with Gasteiger partial charge in [-0.05, 0) is 30.2 Å². The lowest BCUT2D eigenvalue weighted by molar-refractivity contribution is -0.131. The molecule has 0 aliphatic heterocycles. The van der Waals surface area contributed by atoms with Gasteiger partial charge in [0.05, 0.1) is 0 Å². The van der Waals surface area contributed by atoms with Gasteiger partial charge in [-0.1, -0.05) is 57.6 Å². The summed E-state index contributed by atoms with van der Waals surface area (Å²) >= 11 is 0. The first-order chi connectivity index (χ1) is 11.1. The molecule has 0 radical (unpaired) electrons. The number of nitrogens with one attached hydrogen (secondary N) is 1. The number of amides is 1. The van der Waals surface area contributed by atoms with E-state index in [2.05, 4.69) is 12.2 Å². The van der Waals surface area contributed by atoms with Gasteiger partial charge in [0.15, 0.2) is 0 Å². The van der Waals surface area contributed by atoms with Crippen LogP contribution in [-0.2, 0) is 9.59 Å². The van der Waals surface area contributed by atoms with Crippen molar-refractivity contribution in [3.8, 4) is 0 Å². The van der Waals surface area contributed by atoms with Crippen molar-refractivity contribution >= 4 is 23.6 Å².